The van der Waals surface area contributed by atoms with Crippen LogP contribution in [0.3, 0.4) is 0 Å². The predicted octanol–water partition coefficient (Wildman–Crippen LogP) is 5.58. The van der Waals surface area contributed by atoms with Crippen LogP contribution >= 0.6 is 11.8 Å². The fourth-order valence-electron chi connectivity index (χ4n) is 3.17. The van der Waals surface area contributed by atoms with E-state index in [1.54, 1.807) is 12.1 Å². The molecule has 0 aliphatic heterocycles. The SMILES string of the molecule is Cc1ccc(C)c(NC(=O)C(Sc2ccc(NC(=O)CCC(=O)O)cc2)c2ccccc2)c1. The summed E-state index contributed by atoms with van der Waals surface area (Å²) in [6.45, 7) is 3.95. The minimum absolute atomic E-state index is 0.0829. The minimum atomic E-state index is -1.01. The lowest BCUT2D eigenvalue weighted by Crippen LogP contribution is -2.19. The molecule has 0 bridgehead atoms. The number of anilines is 2. The van der Waals surface area contributed by atoms with Gasteiger partial charge in [0.1, 0.15) is 5.25 Å². The van der Waals surface area contributed by atoms with E-state index >= 15 is 0 Å². The molecule has 3 N–H and O–H groups in total. The Morgan fingerprint density at radius 2 is 1.58 bits per heavy atom. The van der Waals surface area contributed by atoms with Crippen LogP contribution in [-0.4, -0.2) is 22.9 Å². The maximum absolute atomic E-state index is 13.3. The highest BCUT2D eigenvalue weighted by atomic mass is 32.2. The van der Waals surface area contributed by atoms with Crippen molar-refractivity contribution in [3.63, 3.8) is 0 Å². The number of carbonyl (C=O) groups excluding carboxylic acids is 2. The van der Waals surface area contributed by atoms with Crippen molar-refractivity contribution in [1.82, 2.24) is 0 Å². The lowest BCUT2D eigenvalue weighted by atomic mass is 10.1. The van der Waals surface area contributed by atoms with Crippen molar-refractivity contribution >= 4 is 40.9 Å². The molecule has 6 nitrogen and oxygen atoms in total. The van der Waals surface area contributed by atoms with Crippen LogP contribution in [0.4, 0.5) is 11.4 Å². The third kappa shape index (κ3) is 7.22. The molecule has 3 aromatic rings. The number of hydrogen-bond acceptors (Lipinski definition) is 4. The average Bonchev–Trinajstić information content (AvgIpc) is 2.80. The topological polar surface area (TPSA) is 95.5 Å². The zero-order valence-corrected chi connectivity index (χ0v) is 19.3. The molecular formula is C26H26N2O4S. The molecule has 0 radical (unpaired) electrons. The summed E-state index contributed by atoms with van der Waals surface area (Å²) in [5, 5.41) is 14.0. The van der Waals surface area contributed by atoms with E-state index in [4.69, 9.17) is 5.11 Å². The summed E-state index contributed by atoms with van der Waals surface area (Å²) >= 11 is 1.42. The molecule has 33 heavy (non-hydrogen) atoms. The van der Waals surface area contributed by atoms with Crippen LogP contribution in [0.2, 0.25) is 0 Å². The van der Waals surface area contributed by atoms with E-state index in [1.807, 2.05) is 74.5 Å². The molecule has 0 saturated heterocycles. The van der Waals surface area contributed by atoms with Crippen molar-refractivity contribution in [2.45, 2.75) is 36.8 Å². The number of hydrogen-bond donors (Lipinski definition) is 3. The van der Waals surface area contributed by atoms with E-state index in [0.29, 0.717) is 5.69 Å². The number of rotatable bonds is 9. The van der Waals surface area contributed by atoms with E-state index in [1.165, 1.54) is 11.8 Å². The summed E-state index contributed by atoms with van der Waals surface area (Å²) < 4.78 is 0. The molecule has 0 aliphatic rings. The number of carboxylic acid groups (broad SMARTS) is 1. The van der Waals surface area contributed by atoms with Crippen LogP contribution in [-0.2, 0) is 14.4 Å². The van der Waals surface area contributed by atoms with E-state index in [0.717, 1.165) is 27.3 Å². The predicted molar refractivity (Wildman–Crippen MR) is 132 cm³/mol. The maximum Gasteiger partial charge on any atom is 0.303 e. The smallest absolute Gasteiger partial charge is 0.303 e. The Morgan fingerprint density at radius 3 is 2.24 bits per heavy atom. The molecule has 0 aliphatic carbocycles. The van der Waals surface area contributed by atoms with Gasteiger partial charge in [-0.05, 0) is 60.9 Å². The van der Waals surface area contributed by atoms with Crippen LogP contribution in [0.25, 0.3) is 0 Å². The lowest BCUT2D eigenvalue weighted by molar-refractivity contribution is -0.138. The van der Waals surface area contributed by atoms with E-state index in [9.17, 15) is 14.4 Å². The maximum atomic E-state index is 13.3. The van der Waals surface area contributed by atoms with Crippen LogP contribution < -0.4 is 10.6 Å². The van der Waals surface area contributed by atoms with Crippen LogP contribution in [0.1, 0.15) is 34.8 Å². The van der Waals surface area contributed by atoms with Gasteiger partial charge in [0.05, 0.1) is 6.42 Å². The molecule has 0 fully saturated rings. The van der Waals surface area contributed by atoms with Crippen LogP contribution in [0.5, 0.6) is 0 Å². The van der Waals surface area contributed by atoms with Gasteiger partial charge in [-0.1, -0.05) is 42.5 Å². The Hall–Kier alpha value is -3.58. The minimum Gasteiger partial charge on any atom is -0.481 e. The van der Waals surface area contributed by atoms with Crippen molar-refractivity contribution in [3.8, 4) is 0 Å². The highest BCUT2D eigenvalue weighted by molar-refractivity contribution is 8.00. The Kier molecular flexibility index (Phi) is 8.27. The second kappa shape index (κ2) is 11.3. The number of benzene rings is 3. The third-order valence-electron chi connectivity index (χ3n) is 4.95. The van der Waals surface area contributed by atoms with Gasteiger partial charge in [0.15, 0.2) is 0 Å². The standard InChI is InChI=1S/C26H26N2O4S/c1-17-8-9-18(2)22(16-17)28-26(32)25(19-6-4-3-5-7-19)33-21-12-10-20(11-13-21)27-23(29)14-15-24(30)31/h3-13,16,25H,14-15H2,1-2H3,(H,27,29)(H,28,32)(H,30,31). The molecule has 3 rings (SSSR count). The Balaban J connectivity index is 1.74. The van der Waals surface area contributed by atoms with Gasteiger partial charge in [0, 0.05) is 22.7 Å². The van der Waals surface area contributed by atoms with Crippen molar-refractivity contribution in [1.29, 1.82) is 0 Å². The number of nitrogens with one attached hydrogen (secondary N) is 2. The summed E-state index contributed by atoms with van der Waals surface area (Å²) in [5.41, 5.74) is 4.32. The Morgan fingerprint density at radius 1 is 0.879 bits per heavy atom. The first-order chi connectivity index (χ1) is 15.8. The molecule has 1 unspecified atom stereocenters. The fraction of sp³-hybridized carbons (Fsp3) is 0.192. The molecule has 0 spiro atoms. The first kappa shape index (κ1) is 24.1. The van der Waals surface area contributed by atoms with Gasteiger partial charge in [-0.15, -0.1) is 11.8 Å². The number of carbonyl (C=O) groups is 3. The van der Waals surface area contributed by atoms with Gasteiger partial charge in [-0.25, -0.2) is 0 Å². The number of carboxylic acids is 1. The third-order valence-corrected chi connectivity index (χ3v) is 6.22. The van der Waals surface area contributed by atoms with Gasteiger partial charge < -0.3 is 15.7 Å². The average molecular weight is 463 g/mol. The van der Waals surface area contributed by atoms with Crippen molar-refractivity contribution in [2.24, 2.45) is 0 Å². The lowest BCUT2D eigenvalue weighted by Gasteiger charge is -2.18. The molecule has 0 saturated carbocycles. The van der Waals surface area contributed by atoms with Gasteiger partial charge in [-0.2, -0.15) is 0 Å². The number of aryl methyl sites for hydroxylation is 2. The molecule has 0 aromatic heterocycles. The van der Waals surface area contributed by atoms with Crippen molar-refractivity contribution in [2.75, 3.05) is 10.6 Å². The number of amides is 2. The highest BCUT2D eigenvalue weighted by Crippen LogP contribution is 2.37. The molecule has 2 amide bonds. The number of aliphatic carboxylic acids is 1. The molecule has 170 valence electrons. The summed E-state index contributed by atoms with van der Waals surface area (Å²) in [6.07, 6.45) is -0.297. The van der Waals surface area contributed by atoms with E-state index < -0.39 is 11.2 Å². The quantitative estimate of drug-likeness (QED) is 0.361. The summed E-state index contributed by atoms with van der Waals surface area (Å²) in [6, 6.07) is 22.7. The van der Waals surface area contributed by atoms with Crippen LogP contribution in [0, 0.1) is 13.8 Å². The van der Waals surface area contributed by atoms with Gasteiger partial charge in [0.2, 0.25) is 11.8 Å². The van der Waals surface area contributed by atoms with Crippen molar-refractivity contribution in [3.05, 3.63) is 89.5 Å². The first-order valence-electron chi connectivity index (χ1n) is 10.5. The zero-order chi connectivity index (χ0) is 23.8. The van der Waals surface area contributed by atoms with Gasteiger partial charge in [-0.3, -0.25) is 14.4 Å². The fourth-order valence-corrected chi connectivity index (χ4v) is 4.19. The zero-order valence-electron chi connectivity index (χ0n) is 18.5. The van der Waals surface area contributed by atoms with E-state index in [2.05, 4.69) is 10.6 Å². The first-order valence-corrected chi connectivity index (χ1v) is 11.4. The van der Waals surface area contributed by atoms with Crippen LogP contribution in [0.15, 0.2) is 77.7 Å². The van der Waals surface area contributed by atoms with E-state index in [-0.39, 0.29) is 24.7 Å². The summed E-state index contributed by atoms with van der Waals surface area (Å²) in [4.78, 5) is 36.6. The molecular weight excluding hydrogens is 436 g/mol. The summed E-state index contributed by atoms with van der Waals surface area (Å²) in [5.74, 6) is -1.48. The number of thioether (sulfide) groups is 1. The molecule has 7 heteroatoms. The normalized spacial score (nSPS) is 11.5. The largest absolute Gasteiger partial charge is 0.481 e. The molecule has 0 heterocycles. The Bertz CT molecular complexity index is 1130. The van der Waals surface area contributed by atoms with Crippen molar-refractivity contribution < 1.29 is 19.5 Å². The second-order valence-electron chi connectivity index (χ2n) is 7.68. The summed E-state index contributed by atoms with van der Waals surface area (Å²) in [7, 11) is 0. The monoisotopic (exact) mass is 462 g/mol. The van der Waals surface area contributed by atoms with Gasteiger partial charge >= 0.3 is 5.97 Å². The Labute approximate surface area is 197 Å². The molecule has 1 atom stereocenters. The highest BCUT2D eigenvalue weighted by Gasteiger charge is 2.23. The molecule has 3 aromatic carbocycles. The van der Waals surface area contributed by atoms with Gasteiger partial charge in [0.25, 0.3) is 0 Å². The second-order valence-corrected chi connectivity index (χ2v) is 8.86.